The maximum Gasteiger partial charge on any atom is 0.274 e. The Bertz CT molecular complexity index is 1190. The number of rotatable bonds is 5. The van der Waals surface area contributed by atoms with Gasteiger partial charge in [-0.05, 0) is 35.7 Å². The second kappa shape index (κ2) is 8.32. The summed E-state index contributed by atoms with van der Waals surface area (Å²) in [6.07, 6.45) is 1.52. The quantitative estimate of drug-likeness (QED) is 0.458. The van der Waals surface area contributed by atoms with Crippen LogP contribution in [0.2, 0.25) is 0 Å². The van der Waals surface area contributed by atoms with Crippen LogP contribution in [0.1, 0.15) is 10.5 Å². The fraction of sp³-hybridized carbons (Fsp3) is 0.0435. The number of nitrogens with one attached hydrogen (secondary N) is 1. The van der Waals surface area contributed by atoms with Crippen molar-refractivity contribution in [3.05, 3.63) is 90.5 Å². The van der Waals surface area contributed by atoms with E-state index in [0.29, 0.717) is 16.3 Å². The number of anilines is 1. The second-order valence-corrected chi connectivity index (χ2v) is 7.31. The molecule has 0 atom stereocenters. The Labute approximate surface area is 171 Å². The van der Waals surface area contributed by atoms with Crippen molar-refractivity contribution >= 4 is 34.1 Å². The highest BCUT2D eigenvalue weighted by atomic mass is 32.2. The first-order valence-electron chi connectivity index (χ1n) is 8.91. The number of hydrogen-bond donors (Lipinski definition) is 1. The van der Waals surface area contributed by atoms with Gasteiger partial charge in [0.05, 0.1) is 12.8 Å². The first kappa shape index (κ1) is 19.0. The zero-order chi connectivity index (χ0) is 20.2. The number of ether oxygens (including phenoxy) is 1. The molecule has 4 nitrogen and oxygen atoms in total. The van der Waals surface area contributed by atoms with E-state index in [1.807, 2.05) is 36.4 Å². The van der Waals surface area contributed by atoms with E-state index in [1.54, 1.807) is 30.3 Å². The molecule has 0 aliphatic rings. The Morgan fingerprint density at radius 2 is 1.76 bits per heavy atom. The molecule has 0 fully saturated rings. The van der Waals surface area contributed by atoms with Gasteiger partial charge in [-0.3, -0.25) is 9.78 Å². The second-order valence-electron chi connectivity index (χ2n) is 6.23. The van der Waals surface area contributed by atoms with Gasteiger partial charge in [0, 0.05) is 27.4 Å². The van der Waals surface area contributed by atoms with Crippen LogP contribution in [0.15, 0.2) is 88.8 Å². The van der Waals surface area contributed by atoms with E-state index in [9.17, 15) is 9.18 Å². The number of hydrogen-bond acceptors (Lipinski definition) is 4. The average molecular weight is 404 g/mol. The SMILES string of the molecule is COc1ccnc(C(=O)Nc2cccc3cccc(Sc4ccccc4F)c23)c1. The Balaban J connectivity index is 1.73. The lowest BCUT2D eigenvalue weighted by atomic mass is 10.1. The first-order valence-corrected chi connectivity index (χ1v) is 9.73. The van der Waals surface area contributed by atoms with Crippen LogP contribution in [-0.2, 0) is 0 Å². The van der Waals surface area contributed by atoms with Gasteiger partial charge >= 0.3 is 0 Å². The molecule has 0 aliphatic heterocycles. The fourth-order valence-electron chi connectivity index (χ4n) is 2.99. The Hall–Kier alpha value is -3.38. The molecular formula is C23H17FN2O2S. The van der Waals surface area contributed by atoms with Gasteiger partial charge in [0.15, 0.2) is 0 Å². The summed E-state index contributed by atoms with van der Waals surface area (Å²) in [7, 11) is 1.54. The molecule has 144 valence electrons. The molecule has 0 bridgehead atoms. The van der Waals surface area contributed by atoms with E-state index >= 15 is 0 Å². The molecule has 0 spiro atoms. The molecular weight excluding hydrogens is 387 g/mol. The van der Waals surface area contributed by atoms with E-state index in [-0.39, 0.29) is 17.4 Å². The topological polar surface area (TPSA) is 51.2 Å². The lowest BCUT2D eigenvalue weighted by Crippen LogP contribution is -2.14. The number of nitrogens with zero attached hydrogens (tertiary/aromatic N) is 1. The number of carbonyl (C=O) groups is 1. The number of halogens is 1. The van der Waals surface area contributed by atoms with E-state index in [0.717, 1.165) is 15.7 Å². The summed E-state index contributed by atoms with van der Waals surface area (Å²) in [6, 6.07) is 21.3. The molecule has 0 unspecified atom stereocenters. The average Bonchev–Trinajstić information content (AvgIpc) is 2.75. The number of amides is 1. The highest BCUT2D eigenvalue weighted by molar-refractivity contribution is 7.99. The largest absolute Gasteiger partial charge is 0.497 e. The Kier molecular flexibility index (Phi) is 5.44. The normalized spacial score (nSPS) is 10.7. The number of methoxy groups -OCH3 is 1. The predicted octanol–water partition coefficient (Wildman–Crippen LogP) is 5.79. The highest BCUT2D eigenvalue weighted by Crippen LogP contribution is 2.38. The minimum Gasteiger partial charge on any atom is -0.497 e. The van der Waals surface area contributed by atoms with E-state index in [4.69, 9.17) is 4.74 Å². The minimum atomic E-state index is -0.345. The highest BCUT2D eigenvalue weighted by Gasteiger charge is 2.14. The molecule has 29 heavy (non-hydrogen) atoms. The van der Waals surface area contributed by atoms with Crippen LogP contribution < -0.4 is 10.1 Å². The molecule has 0 saturated heterocycles. The molecule has 3 aromatic carbocycles. The third-order valence-corrected chi connectivity index (χ3v) is 5.48. The number of fused-ring (bicyclic) bond motifs is 1. The van der Waals surface area contributed by atoms with Gasteiger partial charge < -0.3 is 10.1 Å². The van der Waals surface area contributed by atoms with Crippen molar-refractivity contribution in [2.75, 3.05) is 12.4 Å². The number of pyridine rings is 1. The van der Waals surface area contributed by atoms with Gasteiger partial charge in [-0.2, -0.15) is 0 Å². The number of aromatic nitrogens is 1. The summed E-state index contributed by atoms with van der Waals surface area (Å²) in [5.41, 5.74) is 0.886. The van der Waals surface area contributed by atoms with Crippen LogP contribution in [0.3, 0.4) is 0 Å². The van der Waals surface area contributed by atoms with Gasteiger partial charge in [0.25, 0.3) is 5.91 Å². The summed E-state index contributed by atoms with van der Waals surface area (Å²) in [6.45, 7) is 0. The molecule has 0 radical (unpaired) electrons. The van der Waals surface area contributed by atoms with Crippen molar-refractivity contribution in [3.63, 3.8) is 0 Å². The monoisotopic (exact) mass is 404 g/mol. The van der Waals surface area contributed by atoms with Crippen molar-refractivity contribution in [3.8, 4) is 5.75 Å². The molecule has 6 heteroatoms. The van der Waals surface area contributed by atoms with Gasteiger partial charge in [-0.25, -0.2) is 4.39 Å². The minimum absolute atomic E-state index is 0.251. The van der Waals surface area contributed by atoms with Gasteiger partial charge in [-0.1, -0.05) is 48.2 Å². The summed E-state index contributed by atoms with van der Waals surface area (Å²) >= 11 is 1.32. The lowest BCUT2D eigenvalue weighted by molar-refractivity contribution is 0.102. The van der Waals surface area contributed by atoms with Crippen molar-refractivity contribution < 1.29 is 13.9 Å². The van der Waals surface area contributed by atoms with Gasteiger partial charge in [-0.15, -0.1) is 0 Å². The Morgan fingerprint density at radius 3 is 2.55 bits per heavy atom. The zero-order valence-corrected chi connectivity index (χ0v) is 16.4. The van der Waals surface area contributed by atoms with E-state index in [1.165, 1.54) is 31.1 Å². The van der Waals surface area contributed by atoms with Crippen LogP contribution in [0, 0.1) is 5.82 Å². The van der Waals surface area contributed by atoms with E-state index < -0.39 is 0 Å². The molecule has 4 aromatic rings. The number of benzene rings is 3. The van der Waals surface area contributed by atoms with Crippen LogP contribution in [0.4, 0.5) is 10.1 Å². The summed E-state index contributed by atoms with van der Waals surface area (Å²) in [4.78, 5) is 18.2. The smallest absolute Gasteiger partial charge is 0.274 e. The van der Waals surface area contributed by atoms with Crippen molar-refractivity contribution in [2.45, 2.75) is 9.79 Å². The molecule has 1 amide bonds. The summed E-state index contributed by atoms with van der Waals surface area (Å²) in [5.74, 6) is -0.0717. The maximum atomic E-state index is 14.2. The predicted molar refractivity (Wildman–Crippen MR) is 113 cm³/mol. The van der Waals surface area contributed by atoms with Crippen LogP contribution >= 0.6 is 11.8 Å². The molecule has 1 N–H and O–H groups in total. The molecule has 1 heterocycles. The summed E-state index contributed by atoms with van der Waals surface area (Å²) in [5, 5.41) is 4.72. The van der Waals surface area contributed by atoms with Crippen molar-refractivity contribution in [1.82, 2.24) is 4.98 Å². The zero-order valence-electron chi connectivity index (χ0n) is 15.6. The Morgan fingerprint density at radius 1 is 1.00 bits per heavy atom. The third kappa shape index (κ3) is 4.07. The molecule has 4 rings (SSSR count). The van der Waals surface area contributed by atoms with Crippen LogP contribution in [-0.4, -0.2) is 18.0 Å². The van der Waals surface area contributed by atoms with Gasteiger partial charge in [0.2, 0.25) is 0 Å². The lowest BCUT2D eigenvalue weighted by Gasteiger charge is -2.13. The standard InChI is InChI=1S/C23H17FN2O2S/c1-28-16-12-13-25-19(14-16)23(27)26-18-9-4-6-15-7-5-11-21(22(15)18)29-20-10-3-2-8-17(20)24/h2-14H,1H3,(H,26,27). The van der Waals surface area contributed by atoms with Crippen molar-refractivity contribution in [2.24, 2.45) is 0 Å². The van der Waals surface area contributed by atoms with E-state index in [2.05, 4.69) is 10.3 Å². The van der Waals surface area contributed by atoms with Crippen LogP contribution in [0.5, 0.6) is 5.75 Å². The molecule has 0 saturated carbocycles. The van der Waals surface area contributed by atoms with Crippen molar-refractivity contribution in [1.29, 1.82) is 0 Å². The fourth-order valence-corrected chi connectivity index (χ4v) is 4.02. The maximum absolute atomic E-state index is 14.2. The first-order chi connectivity index (χ1) is 14.2. The number of carbonyl (C=O) groups excluding carboxylic acids is 1. The van der Waals surface area contributed by atoms with Crippen LogP contribution in [0.25, 0.3) is 10.8 Å². The summed E-state index contributed by atoms with van der Waals surface area (Å²) < 4.78 is 19.3. The van der Waals surface area contributed by atoms with Gasteiger partial charge in [0.1, 0.15) is 17.3 Å². The molecule has 0 aliphatic carbocycles. The third-order valence-electron chi connectivity index (χ3n) is 4.37. The molecule has 1 aromatic heterocycles.